The SMILES string of the molecule is COC(=O)C1=C(C)N(C)C(=O)NC1c1cc(Br)ccc1OC. The summed E-state index contributed by atoms with van der Waals surface area (Å²) in [6.45, 7) is 1.71. The molecule has 2 rings (SSSR count). The molecule has 0 spiro atoms. The maximum atomic E-state index is 12.2. The first-order chi connectivity index (χ1) is 10.4. The van der Waals surface area contributed by atoms with Crippen molar-refractivity contribution in [2.45, 2.75) is 13.0 Å². The van der Waals surface area contributed by atoms with Crippen LogP contribution in [0.1, 0.15) is 18.5 Å². The molecule has 1 unspecified atom stereocenters. The Labute approximate surface area is 137 Å². The number of halogens is 1. The molecule has 1 N–H and O–H groups in total. The van der Waals surface area contributed by atoms with E-state index < -0.39 is 12.0 Å². The summed E-state index contributed by atoms with van der Waals surface area (Å²) < 4.78 is 11.0. The van der Waals surface area contributed by atoms with E-state index >= 15 is 0 Å². The van der Waals surface area contributed by atoms with Gasteiger partial charge in [0.1, 0.15) is 5.75 Å². The van der Waals surface area contributed by atoms with Gasteiger partial charge in [-0.3, -0.25) is 0 Å². The number of amides is 2. The van der Waals surface area contributed by atoms with Gasteiger partial charge < -0.3 is 19.7 Å². The highest BCUT2D eigenvalue weighted by Gasteiger charge is 2.36. The van der Waals surface area contributed by atoms with E-state index in [0.717, 1.165) is 4.47 Å². The molecule has 0 saturated heterocycles. The van der Waals surface area contributed by atoms with E-state index in [-0.39, 0.29) is 6.03 Å². The van der Waals surface area contributed by atoms with E-state index in [2.05, 4.69) is 21.2 Å². The maximum Gasteiger partial charge on any atom is 0.337 e. The summed E-state index contributed by atoms with van der Waals surface area (Å²) in [5, 5.41) is 2.81. The van der Waals surface area contributed by atoms with Gasteiger partial charge in [-0.15, -0.1) is 0 Å². The lowest BCUT2D eigenvalue weighted by molar-refractivity contribution is -0.136. The molecule has 0 saturated carbocycles. The lowest BCUT2D eigenvalue weighted by Gasteiger charge is -2.33. The van der Waals surface area contributed by atoms with Crippen molar-refractivity contribution in [1.82, 2.24) is 10.2 Å². The molecule has 0 bridgehead atoms. The highest BCUT2D eigenvalue weighted by atomic mass is 79.9. The monoisotopic (exact) mass is 368 g/mol. The summed E-state index contributed by atoms with van der Waals surface area (Å²) in [5.41, 5.74) is 1.60. The zero-order valence-electron chi connectivity index (χ0n) is 12.8. The Morgan fingerprint density at radius 2 is 2.05 bits per heavy atom. The minimum Gasteiger partial charge on any atom is -0.496 e. The van der Waals surface area contributed by atoms with Crippen molar-refractivity contribution in [1.29, 1.82) is 0 Å². The standard InChI is InChI=1S/C15H17BrN2O4/c1-8-12(14(19)22-4)13(17-15(20)18(8)2)10-7-9(16)5-6-11(10)21-3/h5-7,13H,1-4H3,(H,17,20). The van der Waals surface area contributed by atoms with Crippen LogP contribution in [0.25, 0.3) is 0 Å². The summed E-state index contributed by atoms with van der Waals surface area (Å²) in [4.78, 5) is 25.7. The van der Waals surface area contributed by atoms with E-state index in [1.807, 2.05) is 12.1 Å². The number of urea groups is 1. The normalized spacial score (nSPS) is 18.1. The van der Waals surface area contributed by atoms with Crippen LogP contribution >= 0.6 is 15.9 Å². The molecule has 7 heteroatoms. The van der Waals surface area contributed by atoms with Crippen LogP contribution in [0.15, 0.2) is 33.9 Å². The molecule has 1 atom stereocenters. The number of nitrogens with one attached hydrogen (secondary N) is 1. The molecule has 0 aromatic heterocycles. The van der Waals surface area contributed by atoms with Crippen molar-refractivity contribution in [2.75, 3.05) is 21.3 Å². The number of rotatable bonds is 3. The van der Waals surface area contributed by atoms with Gasteiger partial charge in [-0.2, -0.15) is 0 Å². The number of benzene rings is 1. The first-order valence-electron chi connectivity index (χ1n) is 6.57. The zero-order valence-corrected chi connectivity index (χ0v) is 14.4. The van der Waals surface area contributed by atoms with Crippen LogP contribution in [0.2, 0.25) is 0 Å². The Balaban J connectivity index is 2.64. The molecule has 6 nitrogen and oxygen atoms in total. The second-order valence-electron chi connectivity index (χ2n) is 4.82. The minimum absolute atomic E-state index is 0.294. The molecular weight excluding hydrogens is 352 g/mol. The Morgan fingerprint density at radius 1 is 1.36 bits per heavy atom. The predicted octanol–water partition coefficient (Wildman–Crippen LogP) is 2.60. The molecule has 2 amide bonds. The molecule has 0 fully saturated rings. The molecular formula is C15H17BrN2O4. The fourth-order valence-electron chi connectivity index (χ4n) is 2.37. The number of allylic oxidation sites excluding steroid dienone is 1. The summed E-state index contributed by atoms with van der Waals surface area (Å²) in [6.07, 6.45) is 0. The van der Waals surface area contributed by atoms with Gasteiger partial charge in [-0.05, 0) is 25.1 Å². The third-order valence-corrected chi connectivity index (χ3v) is 4.16. The summed E-state index contributed by atoms with van der Waals surface area (Å²) in [7, 11) is 4.45. The maximum absolute atomic E-state index is 12.2. The van der Waals surface area contributed by atoms with Crippen LogP contribution in [0.5, 0.6) is 5.75 Å². The number of nitrogens with zero attached hydrogens (tertiary/aromatic N) is 1. The molecule has 118 valence electrons. The summed E-state index contributed by atoms with van der Waals surface area (Å²) in [6, 6.07) is 4.48. The molecule has 22 heavy (non-hydrogen) atoms. The van der Waals surface area contributed by atoms with Gasteiger partial charge in [0.2, 0.25) is 0 Å². The van der Waals surface area contributed by atoms with Crippen LogP contribution in [-0.4, -0.2) is 38.2 Å². The molecule has 1 heterocycles. The van der Waals surface area contributed by atoms with Crippen LogP contribution in [0.4, 0.5) is 4.79 Å². The highest BCUT2D eigenvalue weighted by molar-refractivity contribution is 9.10. The zero-order chi connectivity index (χ0) is 16.4. The largest absolute Gasteiger partial charge is 0.496 e. The van der Waals surface area contributed by atoms with Crippen molar-refractivity contribution in [3.63, 3.8) is 0 Å². The Kier molecular flexibility index (Phi) is 4.75. The Bertz CT molecular complexity index is 657. The Hall–Kier alpha value is -2.02. The number of methoxy groups -OCH3 is 2. The highest BCUT2D eigenvalue weighted by Crippen LogP contribution is 2.36. The topological polar surface area (TPSA) is 67.9 Å². The van der Waals surface area contributed by atoms with Gasteiger partial charge in [0, 0.05) is 22.8 Å². The van der Waals surface area contributed by atoms with Crippen molar-refractivity contribution in [2.24, 2.45) is 0 Å². The average Bonchev–Trinajstić information content (AvgIpc) is 2.51. The quantitative estimate of drug-likeness (QED) is 0.832. The van der Waals surface area contributed by atoms with Crippen LogP contribution < -0.4 is 10.1 Å². The van der Waals surface area contributed by atoms with Crippen molar-refractivity contribution < 1.29 is 19.1 Å². The fourth-order valence-corrected chi connectivity index (χ4v) is 2.75. The number of ether oxygens (including phenoxy) is 2. The molecule has 1 aliphatic rings. The smallest absolute Gasteiger partial charge is 0.337 e. The molecule has 1 aliphatic heterocycles. The van der Waals surface area contributed by atoms with Crippen LogP contribution in [0.3, 0.4) is 0 Å². The fraction of sp³-hybridized carbons (Fsp3) is 0.333. The van der Waals surface area contributed by atoms with E-state index in [4.69, 9.17) is 9.47 Å². The van der Waals surface area contributed by atoms with Gasteiger partial charge >= 0.3 is 12.0 Å². The van der Waals surface area contributed by atoms with Gasteiger partial charge in [0.05, 0.1) is 25.8 Å². The second kappa shape index (κ2) is 6.39. The van der Waals surface area contributed by atoms with Crippen molar-refractivity contribution in [3.05, 3.63) is 39.5 Å². The van der Waals surface area contributed by atoms with Gasteiger partial charge in [-0.1, -0.05) is 15.9 Å². The van der Waals surface area contributed by atoms with Crippen molar-refractivity contribution in [3.8, 4) is 5.75 Å². The average molecular weight is 369 g/mol. The lowest BCUT2D eigenvalue weighted by Crippen LogP contribution is -2.46. The van der Waals surface area contributed by atoms with Gasteiger partial charge in [0.15, 0.2) is 0 Å². The van der Waals surface area contributed by atoms with E-state index in [1.165, 1.54) is 19.1 Å². The molecule has 0 aliphatic carbocycles. The van der Waals surface area contributed by atoms with Crippen LogP contribution in [0, 0.1) is 0 Å². The van der Waals surface area contributed by atoms with E-state index in [9.17, 15) is 9.59 Å². The third-order valence-electron chi connectivity index (χ3n) is 3.66. The number of carbonyl (C=O) groups excluding carboxylic acids is 2. The predicted molar refractivity (Wildman–Crippen MR) is 84.4 cm³/mol. The lowest BCUT2D eigenvalue weighted by atomic mass is 9.94. The van der Waals surface area contributed by atoms with E-state index in [0.29, 0.717) is 22.6 Å². The first-order valence-corrected chi connectivity index (χ1v) is 7.36. The molecule has 1 aromatic carbocycles. The summed E-state index contributed by atoms with van der Waals surface area (Å²) in [5.74, 6) is 0.0867. The van der Waals surface area contributed by atoms with Gasteiger partial charge in [-0.25, -0.2) is 9.59 Å². The summed E-state index contributed by atoms with van der Waals surface area (Å²) >= 11 is 3.40. The molecule has 1 aromatic rings. The second-order valence-corrected chi connectivity index (χ2v) is 5.73. The third kappa shape index (κ3) is 2.81. The number of carbonyl (C=O) groups is 2. The Morgan fingerprint density at radius 3 is 2.64 bits per heavy atom. The van der Waals surface area contributed by atoms with Gasteiger partial charge in [0.25, 0.3) is 0 Å². The van der Waals surface area contributed by atoms with E-state index in [1.54, 1.807) is 20.0 Å². The number of hydrogen-bond donors (Lipinski definition) is 1. The van der Waals surface area contributed by atoms with Crippen molar-refractivity contribution >= 4 is 27.9 Å². The minimum atomic E-state index is -0.636. The molecule has 0 radical (unpaired) electrons. The number of esters is 1. The number of hydrogen-bond acceptors (Lipinski definition) is 4. The van der Waals surface area contributed by atoms with Crippen LogP contribution in [-0.2, 0) is 9.53 Å². The first kappa shape index (κ1) is 16.4.